The maximum Gasteiger partial charge on any atom is 0.434 e. The van der Waals surface area contributed by atoms with Gasteiger partial charge in [0.2, 0.25) is 0 Å². The molecule has 0 aliphatic heterocycles. The van der Waals surface area contributed by atoms with Crippen molar-refractivity contribution in [3.8, 4) is 11.6 Å². The smallest absolute Gasteiger partial charge is 0.434 e. The average Bonchev–Trinajstić information content (AvgIpc) is 2.74. The summed E-state index contributed by atoms with van der Waals surface area (Å²) in [5.74, 6) is -0.255. The molecule has 2 aromatic rings. The molecule has 2 rings (SSSR count). The molecule has 0 aliphatic carbocycles. The molecule has 0 spiro atoms. The quantitative estimate of drug-likeness (QED) is 0.484. The van der Waals surface area contributed by atoms with Crippen LogP contribution >= 0.6 is 23.2 Å². The Labute approximate surface area is 138 Å². The summed E-state index contributed by atoms with van der Waals surface area (Å²) in [5.41, 5.74) is -0.547. The van der Waals surface area contributed by atoms with Crippen molar-refractivity contribution in [3.05, 3.63) is 39.5 Å². The molecular weight excluding hydrogens is 358 g/mol. The topological polar surface area (TPSA) is 59.6 Å². The lowest BCUT2D eigenvalue weighted by Gasteiger charge is -2.07. The molecule has 23 heavy (non-hydrogen) atoms. The van der Waals surface area contributed by atoms with Gasteiger partial charge in [0.05, 0.1) is 10.7 Å². The zero-order chi connectivity index (χ0) is 17.4. The van der Waals surface area contributed by atoms with Gasteiger partial charge in [-0.05, 0) is 25.1 Å². The number of aromatic nitrogens is 2. The molecular formula is C13H10Cl2F3N3O2. The molecule has 1 heterocycles. The number of nitrogens with zero attached hydrogens (tertiary/aromatic N) is 3. The van der Waals surface area contributed by atoms with Gasteiger partial charge in [0.1, 0.15) is 10.8 Å². The van der Waals surface area contributed by atoms with Gasteiger partial charge in [-0.1, -0.05) is 28.4 Å². The van der Waals surface area contributed by atoms with Gasteiger partial charge < -0.3 is 9.94 Å². The van der Waals surface area contributed by atoms with Crippen molar-refractivity contribution in [1.82, 2.24) is 9.78 Å². The standard InChI is InChI=1S/C13H10Cl2F3N3O2/c1-6(20-22)8-5-7(3-4-9(8)14)23-12-10(15)11(13(16,17)18)21(2)19-12/h3-5,22H,1-2H3. The van der Waals surface area contributed by atoms with E-state index in [1.807, 2.05) is 0 Å². The summed E-state index contributed by atoms with van der Waals surface area (Å²) < 4.78 is 44.5. The molecule has 0 atom stereocenters. The average molecular weight is 368 g/mol. The molecule has 0 saturated carbocycles. The highest BCUT2D eigenvalue weighted by Gasteiger charge is 2.39. The first-order valence-corrected chi connectivity index (χ1v) is 6.87. The number of alkyl halides is 3. The van der Waals surface area contributed by atoms with Crippen molar-refractivity contribution in [2.24, 2.45) is 12.2 Å². The Morgan fingerprint density at radius 2 is 2.00 bits per heavy atom. The largest absolute Gasteiger partial charge is 0.436 e. The fourth-order valence-corrected chi connectivity index (χ4v) is 2.42. The molecule has 10 heteroatoms. The summed E-state index contributed by atoms with van der Waals surface area (Å²) in [4.78, 5) is 0. The lowest BCUT2D eigenvalue weighted by atomic mass is 10.1. The Hall–Kier alpha value is -1.93. The van der Waals surface area contributed by atoms with Gasteiger partial charge in [-0.3, -0.25) is 4.68 Å². The predicted molar refractivity (Wildman–Crippen MR) is 78.7 cm³/mol. The van der Waals surface area contributed by atoms with Gasteiger partial charge >= 0.3 is 6.18 Å². The summed E-state index contributed by atoms with van der Waals surface area (Å²) in [6.45, 7) is 1.50. The Morgan fingerprint density at radius 1 is 1.35 bits per heavy atom. The number of ether oxygens (including phenoxy) is 1. The molecule has 1 aromatic carbocycles. The second-order valence-electron chi connectivity index (χ2n) is 4.52. The van der Waals surface area contributed by atoms with Crippen LogP contribution < -0.4 is 4.74 Å². The minimum absolute atomic E-state index is 0.140. The van der Waals surface area contributed by atoms with Crippen molar-refractivity contribution >= 4 is 28.9 Å². The highest BCUT2D eigenvalue weighted by molar-refractivity contribution is 6.34. The van der Waals surface area contributed by atoms with Crippen LogP contribution in [0.3, 0.4) is 0 Å². The van der Waals surface area contributed by atoms with Gasteiger partial charge in [-0.2, -0.15) is 13.2 Å². The summed E-state index contributed by atoms with van der Waals surface area (Å²) >= 11 is 11.7. The molecule has 1 N–H and O–H groups in total. The molecule has 0 bridgehead atoms. The van der Waals surface area contributed by atoms with E-state index in [4.69, 9.17) is 33.1 Å². The first-order valence-electron chi connectivity index (χ1n) is 6.11. The maximum absolute atomic E-state index is 12.9. The third-order valence-electron chi connectivity index (χ3n) is 2.92. The van der Waals surface area contributed by atoms with Gasteiger partial charge in [-0.25, -0.2) is 0 Å². The van der Waals surface area contributed by atoms with Crippen molar-refractivity contribution in [1.29, 1.82) is 0 Å². The number of halogens is 5. The van der Waals surface area contributed by atoms with Crippen molar-refractivity contribution in [3.63, 3.8) is 0 Å². The van der Waals surface area contributed by atoms with E-state index in [-0.39, 0.29) is 16.5 Å². The summed E-state index contributed by atoms with van der Waals surface area (Å²) in [7, 11) is 1.11. The minimum Gasteiger partial charge on any atom is -0.436 e. The molecule has 0 unspecified atom stereocenters. The van der Waals surface area contributed by atoms with Crippen LogP contribution in [-0.4, -0.2) is 20.7 Å². The van der Waals surface area contributed by atoms with Crippen molar-refractivity contribution in [2.75, 3.05) is 0 Å². The molecule has 0 fully saturated rings. The summed E-state index contributed by atoms with van der Waals surface area (Å²) in [6, 6.07) is 4.27. The predicted octanol–water partition coefficient (Wildman–Crippen LogP) is 4.74. The van der Waals surface area contributed by atoms with Crippen molar-refractivity contribution < 1.29 is 23.1 Å². The molecule has 5 nitrogen and oxygen atoms in total. The van der Waals surface area contributed by atoms with Gasteiger partial charge in [0.15, 0.2) is 5.69 Å². The first-order chi connectivity index (χ1) is 10.6. The van der Waals surface area contributed by atoms with Crippen LogP contribution in [-0.2, 0) is 13.2 Å². The van der Waals surface area contributed by atoms with Crippen LogP contribution in [0.1, 0.15) is 18.2 Å². The number of oxime groups is 1. The normalized spacial score (nSPS) is 12.6. The minimum atomic E-state index is -4.66. The van der Waals surface area contributed by atoms with E-state index in [9.17, 15) is 13.2 Å². The van der Waals surface area contributed by atoms with Gasteiger partial charge in [0, 0.05) is 12.6 Å². The Kier molecular flexibility index (Phi) is 4.76. The number of hydrogen-bond donors (Lipinski definition) is 1. The van der Waals surface area contributed by atoms with Gasteiger partial charge in [-0.15, -0.1) is 5.10 Å². The molecule has 0 saturated heterocycles. The first kappa shape index (κ1) is 17.4. The molecule has 0 radical (unpaired) electrons. The zero-order valence-corrected chi connectivity index (χ0v) is 13.3. The monoisotopic (exact) mass is 367 g/mol. The van der Waals surface area contributed by atoms with Crippen molar-refractivity contribution in [2.45, 2.75) is 13.1 Å². The lowest BCUT2D eigenvalue weighted by molar-refractivity contribution is -0.143. The third kappa shape index (κ3) is 3.53. The molecule has 1 aromatic heterocycles. The van der Waals surface area contributed by atoms with Crippen LogP contribution in [0.2, 0.25) is 10.0 Å². The van der Waals surface area contributed by atoms with Crippen LogP contribution in [0, 0.1) is 0 Å². The second kappa shape index (κ2) is 6.29. The van der Waals surface area contributed by atoms with Crippen LogP contribution in [0.15, 0.2) is 23.4 Å². The van der Waals surface area contributed by atoms with Gasteiger partial charge in [0.25, 0.3) is 5.88 Å². The van der Waals surface area contributed by atoms with E-state index in [1.165, 1.54) is 25.1 Å². The number of hydrogen-bond acceptors (Lipinski definition) is 4. The summed E-state index contributed by atoms with van der Waals surface area (Å²) in [6.07, 6.45) is -4.66. The van der Waals surface area contributed by atoms with E-state index in [1.54, 1.807) is 0 Å². The Balaban J connectivity index is 2.41. The summed E-state index contributed by atoms with van der Waals surface area (Å²) in [5, 5.41) is 15.1. The fraction of sp³-hybridized carbons (Fsp3) is 0.231. The van der Waals surface area contributed by atoms with E-state index < -0.39 is 22.8 Å². The zero-order valence-electron chi connectivity index (χ0n) is 11.8. The van der Waals surface area contributed by atoms with Crippen LogP contribution in [0.5, 0.6) is 11.6 Å². The Morgan fingerprint density at radius 3 is 2.52 bits per heavy atom. The second-order valence-corrected chi connectivity index (χ2v) is 5.30. The van der Waals surface area contributed by atoms with Crippen LogP contribution in [0.4, 0.5) is 13.2 Å². The Bertz CT molecular complexity index is 773. The number of benzene rings is 1. The van der Waals surface area contributed by atoms with E-state index in [2.05, 4.69) is 10.3 Å². The maximum atomic E-state index is 12.9. The third-order valence-corrected chi connectivity index (χ3v) is 3.59. The molecule has 124 valence electrons. The van der Waals surface area contributed by atoms with E-state index >= 15 is 0 Å². The highest BCUT2D eigenvalue weighted by atomic mass is 35.5. The molecule has 0 aliphatic rings. The lowest BCUT2D eigenvalue weighted by Crippen LogP contribution is -2.12. The molecule has 0 amide bonds. The number of aryl methyl sites for hydroxylation is 1. The van der Waals surface area contributed by atoms with E-state index in [0.29, 0.717) is 10.2 Å². The SMILES string of the molecule is CC(=NO)c1cc(Oc2nn(C)c(C(F)(F)F)c2Cl)ccc1Cl. The fourth-order valence-electron chi connectivity index (χ4n) is 1.86. The number of rotatable bonds is 3. The van der Waals surface area contributed by atoms with Crippen LogP contribution in [0.25, 0.3) is 0 Å². The highest BCUT2D eigenvalue weighted by Crippen LogP contribution is 2.40. The van der Waals surface area contributed by atoms with E-state index in [0.717, 1.165) is 7.05 Å².